The van der Waals surface area contributed by atoms with E-state index in [2.05, 4.69) is 53.8 Å². The molecule has 2 nitrogen and oxygen atoms in total. The lowest BCUT2D eigenvalue weighted by Gasteiger charge is -2.16. The molecule has 0 radical (unpaired) electrons. The van der Waals surface area contributed by atoms with Crippen molar-refractivity contribution >= 4 is 11.3 Å². The van der Waals surface area contributed by atoms with E-state index in [0.29, 0.717) is 0 Å². The number of nitrogens with zero attached hydrogens (tertiary/aromatic N) is 1. The van der Waals surface area contributed by atoms with Crippen molar-refractivity contribution in [2.45, 2.75) is 38.6 Å². The van der Waals surface area contributed by atoms with Gasteiger partial charge in [0.15, 0.2) is 0 Å². The fourth-order valence-corrected chi connectivity index (χ4v) is 3.33. The second-order valence-corrected chi connectivity index (χ2v) is 6.15. The van der Waals surface area contributed by atoms with E-state index in [1.807, 2.05) is 0 Å². The number of rotatable bonds is 5. The SMILES string of the molecule is CCNC(c1ccc(C2CC2)cc1)c1nc(C)cs1. The van der Waals surface area contributed by atoms with Crippen LogP contribution in [0.25, 0.3) is 0 Å². The van der Waals surface area contributed by atoms with E-state index < -0.39 is 0 Å². The van der Waals surface area contributed by atoms with Gasteiger partial charge in [0, 0.05) is 11.1 Å². The highest BCUT2D eigenvalue weighted by molar-refractivity contribution is 7.09. The van der Waals surface area contributed by atoms with Gasteiger partial charge in [-0.25, -0.2) is 4.98 Å². The molecule has 1 aromatic heterocycles. The lowest BCUT2D eigenvalue weighted by atomic mass is 10.0. The molecule has 1 atom stereocenters. The second kappa shape index (κ2) is 5.43. The van der Waals surface area contributed by atoms with Crippen LogP contribution in [0.2, 0.25) is 0 Å². The molecule has 1 unspecified atom stereocenters. The molecular formula is C16H20N2S. The molecule has 19 heavy (non-hydrogen) atoms. The Balaban J connectivity index is 1.86. The van der Waals surface area contributed by atoms with Gasteiger partial charge in [-0.15, -0.1) is 11.3 Å². The van der Waals surface area contributed by atoms with E-state index in [0.717, 1.165) is 18.2 Å². The minimum Gasteiger partial charge on any atom is -0.305 e. The van der Waals surface area contributed by atoms with E-state index in [4.69, 9.17) is 0 Å². The Morgan fingerprint density at radius 1 is 1.32 bits per heavy atom. The Morgan fingerprint density at radius 2 is 2.05 bits per heavy atom. The largest absolute Gasteiger partial charge is 0.305 e. The van der Waals surface area contributed by atoms with Gasteiger partial charge in [0.1, 0.15) is 5.01 Å². The summed E-state index contributed by atoms with van der Waals surface area (Å²) in [6.07, 6.45) is 2.73. The van der Waals surface area contributed by atoms with Gasteiger partial charge in [0.2, 0.25) is 0 Å². The third-order valence-corrected chi connectivity index (χ3v) is 4.64. The summed E-state index contributed by atoms with van der Waals surface area (Å²) in [5, 5.41) is 6.83. The second-order valence-electron chi connectivity index (χ2n) is 5.26. The maximum Gasteiger partial charge on any atom is 0.114 e. The first-order chi connectivity index (χ1) is 9.28. The van der Waals surface area contributed by atoms with Crippen molar-refractivity contribution in [1.82, 2.24) is 10.3 Å². The Hall–Kier alpha value is -1.19. The molecule has 0 saturated heterocycles. The van der Waals surface area contributed by atoms with Crippen LogP contribution in [0.3, 0.4) is 0 Å². The number of nitrogens with one attached hydrogen (secondary N) is 1. The zero-order valence-electron chi connectivity index (χ0n) is 11.5. The highest BCUT2D eigenvalue weighted by Gasteiger charge is 2.24. The molecule has 0 aliphatic heterocycles. The average Bonchev–Trinajstić information content (AvgIpc) is 3.19. The van der Waals surface area contributed by atoms with Crippen molar-refractivity contribution in [1.29, 1.82) is 0 Å². The number of aryl methyl sites for hydroxylation is 1. The monoisotopic (exact) mass is 272 g/mol. The molecule has 0 spiro atoms. The molecule has 1 aromatic carbocycles. The van der Waals surface area contributed by atoms with Crippen LogP contribution in [-0.2, 0) is 0 Å². The molecular weight excluding hydrogens is 252 g/mol. The predicted octanol–water partition coefficient (Wildman–Crippen LogP) is 4.03. The van der Waals surface area contributed by atoms with Gasteiger partial charge in [-0.2, -0.15) is 0 Å². The molecule has 1 heterocycles. The van der Waals surface area contributed by atoms with Crippen molar-refractivity contribution < 1.29 is 0 Å². The summed E-state index contributed by atoms with van der Waals surface area (Å²) in [5.41, 5.74) is 3.92. The quantitative estimate of drug-likeness (QED) is 0.889. The first-order valence-corrected chi connectivity index (χ1v) is 7.91. The molecule has 0 bridgehead atoms. The summed E-state index contributed by atoms with van der Waals surface area (Å²) in [6, 6.07) is 9.34. The zero-order chi connectivity index (χ0) is 13.2. The first-order valence-electron chi connectivity index (χ1n) is 7.03. The van der Waals surface area contributed by atoms with E-state index in [-0.39, 0.29) is 6.04 Å². The minimum absolute atomic E-state index is 0.233. The molecule has 1 aliphatic carbocycles. The Bertz CT molecular complexity index is 540. The fourth-order valence-electron chi connectivity index (χ4n) is 2.43. The van der Waals surface area contributed by atoms with Gasteiger partial charge in [-0.1, -0.05) is 31.2 Å². The molecule has 3 heteroatoms. The highest BCUT2D eigenvalue weighted by atomic mass is 32.1. The number of thiazole rings is 1. The van der Waals surface area contributed by atoms with Crippen LogP contribution in [0.1, 0.15) is 53.6 Å². The molecule has 1 N–H and O–H groups in total. The molecule has 1 saturated carbocycles. The van der Waals surface area contributed by atoms with Crippen LogP contribution in [0.4, 0.5) is 0 Å². The third-order valence-electron chi connectivity index (χ3n) is 3.61. The van der Waals surface area contributed by atoms with Gasteiger partial charge in [0.25, 0.3) is 0 Å². The summed E-state index contributed by atoms with van der Waals surface area (Å²) in [6.45, 7) is 5.15. The summed E-state index contributed by atoms with van der Waals surface area (Å²) in [7, 11) is 0. The smallest absolute Gasteiger partial charge is 0.114 e. The van der Waals surface area contributed by atoms with E-state index >= 15 is 0 Å². The normalized spacial score (nSPS) is 16.5. The molecule has 2 aromatic rings. The Labute approximate surface area is 118 Å². The Kier molecular flexibility index (Phi) is 3.67. The van der Waals surface area contributed by atoms with Gasteiger partial charge < -0.3 is 5.32 Å². The first kappa shape index (κ1) is 12.8. The summed E-state index contributed by atoms with van der Waals surface area (Å²) >= 11 is 1.74. The molecule has 100 valence electrons. The average molecular weight is 272 g/mol. The number of benzene rings is 1. The van der Waals surface area contributed by atoms with Gasteiger partial charge >= 0.3 is 0 Å². The maximum absolute atomic E-state index is 4.63. The van der Waals surface area contributed by atoms with Gasteiger partial charge in [-0.3, -0.25) is 0 Å². The number of hydrogen-bond acceptors (Lipinski definition) is 3. The molecule has 1 fully saturated rings. The van der Waals surface area contributed by atoms with E-state index in [9.17, 15) is 0 Å². The van der Waals surface area contributed by atoms with Crippen LogP contribution in [0.15, 0.2) is 29.6 Å². The molecule has 0 amide bonds. The van der Waals surface area contributed by atoms with Crippen molar-refractivity contribution in [2.24, 2.45) is 0 Å². The van der Waals surface area contributed by atoms with E-state index in [1.54, 1.807) is 11.3 Å². The highest BCUT2D eigenvalue weighted by Crippen LogP contribution is 2.40. The van der Waals surface area contributed by atoms with Crippen LogP contribution in [0.5, 0.6) is 0 Å². The zero-order valence-corrected chi connectivity index (χ0v) is 12.3. The third kappa shape index (κ3) is 2.88. The molecule has 1 aliphatic rings. The minimum atomic E-state index is 0.233. The van der Waals surface area contributed by atoms with Crippen molar-refractivity contribution in [3.05, 3.63) is 51.5 Å². The number of hydrogen-bond donors (Lipinski definition) is 1. The van der Waals surface area contributed by atoms with Crippen molar-refractivity contribution in [3.63, 3.8) is 0 Å². The summed E-state index contributed by atoms with van der Waals surface area (Å²) in [4.78, 5) is 4.63. The van der Waals surface area contributed by atoms with Crippen molar-refractivity contribution in [3.8, 4) is 0 Å². The fraction of sp³-hybridized carbons (Fsp3) is 0.438. The van der Waals surface area contributed by atoms with Crippen LogP contribution in [0, 0.1) is 6.92 Å². The van der Waals surface area contributed by atoms with Gasteiger partial charge in [-0.05, 0) is 43.4 Å². The van der Waals surface area contributed by atoms with Crippen LogP contribution < -0.4 is 5.32 Å². The number of aromatic nitrogens is 1. The van der Waals surface area contributed by atoms with Gasteiger partial charge in [0.05, 0.1) is 6.04 Å². The topological polar surface area (TPSA) is 24.9 Å². The summed E-state index contributed by atoms with van der Waals surface area (Å²) < 4.78 is 0. The summed E-state index contributed by atoms with van der Waals surface area (Å²) in [5.74, 6) is 0.828. The van der Waals surface area contributed by atoms with Crippen LogP contribution in [-0.4, -0.2) is 11.5 Å². The van der Waals surface area contributed by atoms with E-state index in [1.165, 1.54) is 29.0 Å². The van der Waals surface area contributed by atoms with Crippen LogP contribution >= 0.6 is 11.3 Å². The lowest BCUT2D eigenvalue weighted by molar-refractivity contribution is 0.626. The molecule has 3 rings (SSSR count). The lowest BCUT2D eigenvalue weighted by Crippen LogP contribution is -2.21. The van der Waals surface area contributed by atoms with Crippen molar-refractivity contribution in [2.75, 3.05) is 6.54 Å². The Morgan fingerprint density at radius 3 is 2.58 bits per heavy atom. The standard InChI is InChI=1S/C16H20N2S/c1-3-17-15(16-18-11(2)10-19-16)14-8-6-13(7-9-14)12-4-5-12/h6-10,12,15,17H,3-5H2,1-2H3. The maximum atomic E-state index is 4.63. The predicted molar refractivity (Wildman–Crippen MR) is 80.8 cm³/mol.